The molecule has 16 nitrogen and oxygen atoms in total. The van der Waals surface area contributed by atoms with E-state index in [-0.39, 0.29) is 53.6 Å². The van der Waals surface area contributed by atoms with E-state index >= 15 is 0 Å². The molecule has 0 amide bonds. The van der Waals surface area contributed by atoms with Gasteiger partial charge in [0, 0.05) is 87.3 Å². The first-order valence-electron chi connectivity index (χ1n) is 36.2. The minimum Gasteiger partial charge on any atom is -0.493 e. The fraction of sp³-hybridized carbons (Fsp3) is 0.287. The summed E-state index contributed by atoms with van der Waals surface area (Å²) >= 11 is 0. The van der Waals surface area contributed by atoms with Gasteiger partial charge in [0.15, 0.2) is 0 Å². The topological polar surface area (TPSA) is 197 Å². The van der Waals surface area contributed by atoms with Gasteiger partial charge in [0.1, 0.15) is 40.0 Å². The molecule has 5 N–H and O–H groups in total. The third kappa shape index (κ3) is 14.9. The molecule has 0 saturated heterocycles. The van der Waals surface area contributed by atoms with Crippen molar-refractivity contribution in [2.24, 2.45) is 0 Å². The standard InChI is InChI=1S/C87H91N7O9/c1-11-17-36-101-85-52(14-4)39-57(46-63(85)49-88-75-77(83(99)81(75)97)91-65-28-32-67(33-29-65)93(7)8)59-43-60(58-40-53(15-5)86(102-37-18-12-2)64(47-58)50-89-76-78(84(100)82(76)98)92-66-30-34-68(35-31-66)94(9)10)45-61(44-59)62-41-54(16-6)87(103-38-19-13-3)71(48-62)73-74(80(96)79(73)95)90-51-72-69-26-22-20-24-55(69)42-56-25-21-23-27-70(56)72/h20-35,39-48,88-92H,11-19,36-38,49-51H2,1-10H3. The van der Waals surface area contributed by atoms with Crippen molar-refractivity contribution in [3.63, 3.8) is 0 Å². The van der Waals surface area contributed by atoms with Gasteiger partial charge in [-0.25, -0.2) is 0 Å². The van der Waals surface area contributed by atoms with Crippen LogP contribution in [-0.4, -0.2) is 48.0 Å². The van der Waals surface area contributed by atoms with Gasteiger partial charge in [-0.05, 0) is 225 Å². The van der Waals surface area contributed by atoms with E-state index in [9.17, 15) is 28.8 Å². The number of fused-ring (bicyclic) bond motifs is 2. The van der Waals surface area contributed by atoms with Crippen LogP contribution in [0.15, 0.2) is 186 Å². The number of nitrogens with one attached hydrogen (secondary N) is 5. The predicted octanol–water partition coefficient (Wildman–Crippen LogP) is 17.1. The van der Waals surface area contributed by atoms with Crippen LogP contribution in [0.5, 0.6) is 17.2 Å². The van der Waals surface area contributed by atoms with E-state index in [1.165, 1.54) is 0 Å². The smallest absolute Gasteiger partial charge is 0.253 e. The highest BCUT2D eigenvalue weighted by atomic mass is 16.5. The minimum atomic E-state index is -0.613. The highest BCUT2D eigenvalue weighted by molar-refractivity contribution is 6.03. The van der Waals surface area contributed by atoms with E-state index in [4.69, 9.17) is 14.2 Å². The van der Waals surface area contributed by atoms with E-state index in [1.54, 1.807) is 0 Å². The average Bonchev–Trinajstić information content (AvgIpc) is 0.745. The average molecular weight is 1380 g/mol. The molecular formula is C87H91N7O9. The molecule has 0 unspecified atom stereocenters. The second-order valence-electron chi connectivity index (χ2n) is 26.9. The molecule has 12 aromatic carbocycles. The molecule has 0 fully saturated rings. The third-order valence-electron chi connectivity index (χ3n) is 19.5. The number of anilines is 9. The molecule has 0 aliphatic carbocycles. The summed E-state index contributed by atoms with van der Waals surface area (Å²) in [5.41, 5.74) is 11.7. The molecule has 0 aliphatic rings. The van der Waals surface area contributed by atoms with Crippen LogP contribution in [0.3, 0.4) is 0 Å². The lowest BCUT2D eigenvalue weighted by atomic mass is 9.87. The van der Waals surface area contributed by atoms with Gasteiger partial charge >= 0.3 is 0 Å². The Bertz CT molecular complexity index is 5060. The first-order chi connectivity index (χ1) is 49.9. The Balaban J connectivity index is 1.02. The van der Waals surface area contributed by atoms with E-state index in [0.717, 1.165) is 138 Å². The SMILES string of the molecule is CCCCOc1c(CC)cc(-c2cc(-c3cc(CC)c(OCCCC)c(CNc4c(Nc5ccc(N(C)C)cc5)c(=O)c4=O)c3)cc(-c3cc(CC)c(OCCCC)c(-c4c(NCc5c6ccccc6cc6ccccc56)c(=O)c4=O)c3)c2)cc1CNc1c(Nc2ccc(N(C)C)cc2)c(=O)c1=O. The number of rotatable bonds is 34. The van der Waals surface area contributed by atoms with Crippen LogP contribution in [0.4, 0.5) is 51.2 Å². The molecule has 0 radical (unpaired) electrons. The molecule has 12 aromatic rings. The number of hydrogen-bond donors (Lipinski definition) is 5. The number of nitrogens with zero attached hydrogens (tertiary/aromatic N) is 2. The van der Waals surface area contributed by atoms with Crippen molar-refractivity contribution >= 4 is 72.7 Å². The van der Waals surface area contributed by atoms with Crippen LogP contribution in [0.1, 0.15) is 113 Å². The lowest BCUT2D eigenvalue weighted by Gasteiger charge is -2.22. The molecular weight excluding hydrogens is 1290 g/mol. The van der Waals surface area contributed by atoms with Gasteiger partial charge in [0.25, 0.3) is 21.7 Å². The quantitative estimate of drug-likeness (QED) is 0.0145. The molecule has 0 aliphatic heterocycles. The van der Waals surface area contributed by atoms with Crippen LogP contribution >= 0.6 is 0 Å². The number of unbranched alkanes of at least 4 members (excludes halogenated alkanes) is 3. The first-order valence-corrected chi connectivity index (χ1v) is 36.2. The summed E-state index contributed by atoms with van der Waals surface area (Å²) in [4.78, 5) is 86.6. The van der Waals surface area contributed by atoms with Gasteiger partial charge in [-0.15, -0.1) is 0 Å². The first kappa shape index (κ1) is 71.6. The predicted molar refractivity (Wildman–Crippen MR) is 427 cm³/mol. The minimum absolute atomic E-state index is 0.145. The summed E-state index contributed by atoms with van der Waals surface area (Å²) in [6.07, 6.45) is 6.84. The second-order valence-corrected chi connectivity index (χ2v) is 26.9. The fourth-order valence-electron chi connectivity index (χ4n) is 13.6. The largest absolute Gasteiger partial charge is 0.493 e. The third-order valence-corrected chi connectivity index (χ3v) is 19.5. The van der Waals surface area contributed by atoms with Crippen LogP contribution < -0.4 is 83.2 Å². The van der Waals surface area contributed by atoms with E-state index in [1.807, 2.05) is 117 Å². The monoisotopic (exact) mass is 1380 g/mol. The summed E-state index contributed by atoms with van der Waals surface area (Å²) in [6, 6.07) is 52.9. The summed E-state index contributed by atoms with van der Waals surface area (Å²) in [6.45, 7) is 14.5. The van der Waals surface area contributed by atoms with Crippen molar-refractivity contribution in [2.75, 3.05) is 84.4 Å². The molecule has 0 saturated carbocycles. The zero-order chi connectivity index (χ0) is 72.6. The fourth-order valence-corrected chi connectivity index (χ4v) is 13.6. The second kappa shape index (κ2) is 31.7. The highest BCUT2D eigenvalue weighted by Gasteiger charge is 2.30. The summed E-state index contributed by atoms with van der Waals surface area (Å²) < 4.78 is 20.2. The number of hydrogen-bond acceptors (Lipinski definition) is 16. The number of benzene rings is 9. The van der Waals surface area contributed by atoms with Crippen molar-refractivity contribution in [1.82, 2.24) is 0 Å². The van der Waals surface area contributed by atoms with Gasteiger partial charge in [-0.1, -0.05) is 109 Å². The van der Waals surface area contributed by atoms with Crippen LogP contribution in [-0.2, 0) is 38.9 Å². The van der Waals surface area contributed by atoms with E-state index in [0.29, 0.717) is 73.3 Å². The highest BCUT2D eigenvalue weighted by Crippen LogP contribution is 2.45. The van der Waals surface area contributed by atoms with Crippen molar-refractivity contribution in [3.8, 4) is 61.8 Å². The molecule has 528 valence electrons. The Morgan fingerprint density at radius 1 is 0.340 bits per heavy atom. The maximum atomic E-state index is 14.6. The zero-order valence-corrected chi connectivity index (χ0v) is 60.7. The normalized spacial score (nSPS) is 11.4. The maximum absolute atomic E-state index is 14.6. The van der Waals surface area contributed by atoms with Gasteiger partial charge < -0.3 is 50.6 Å². The van der Waals surface area contributed by atoms with Crippen molar-refractivity contribution in [1.29, 1.82) is 0 Å². The van der Waals surface area contributed by atoms with Gasteiger partial charge in [-0.3, -0.25) is 28.8 Å². The Morgan fingerprint density at radius 3 is 1.10 bits per heavy atom. The number of aryl methyl sites for hydroxylation is 3. The van der Waals surface area contributed by atoms with Crippen molar-refractivity contribution in [2.45, 2.75) is 119 Å². The van der Waals surface area contributed by atoms with Crippen molar-refractivity contribution < 1.29 is 14.2 Å². The lowest BCUT2D eigenvalue weighted by Crippen LogP contribution is -2.36. The van der Waals surface area contributed by atoms with Gasteiger partial charge in [0.2, 0.25) is 10.9 Å². The molecule has 0 atom stereocenters. The van der Waals surface area contributed by atoms with Gasteiger partial charge in [0.05, 0.1) is 31.1 Å². The summed E-state index contributed by atoms with van der Waals surface area (Å²) in [7, 11) is 7.82. The molecule has 12 rings (SSSR count). The Kier molecular flexibility index (Phi) is 22.1. The van der Waals surface area contributed by atoms with Crippen LogP contribution in [0.25, 0.3) is 66.1 Å². The van der Waals surface area contributed by atoms with Crippen LogP contribution in [0.2, 0.25) is 0 Å². The lowest BCUT2D eigenvalue weighted by molar-refractivity contribution is 0.303. The Labute approximate surface area is 601 Å². The summed E-state index contributed by atoms with van der Waals surface area (Å²) in [5, 5.41) is 20.9. The molecule has 16 heteroatoms. The van der Waals surface area contributed by atoms with Crippen molar-refractivity contribution in [3.05, 3.63) is 252 Å². The van der Waals surface area contributed by atoms with E-state index < -0.39 is 32.6 Å². The Hall–Kier alpha value is -11.3. The molecule has 0 aromatic heterocycles. The molecule has 0 bridgehead atoms. The molecule has 103 heavy (non-hydrogen) atoms. The van der Waals surface area contributed by atoms with Gasteiger partial charge in [-0.2, -0.15) is 0 Å². The molecule has 0 heterocycles. The van der Waals surface area contributed by atoms with E-state index in [2.05, 4.69) is 147 Å². The zero-order valence-electron chi connectivity index (χ0n) is 60.7. The summed E-state index contributed by atoms with van der Waals surface area (Å²) in [5.74, 6) is 1.95. The Morgan fingerprint density at radius 2 is 0.689 bits per heavy atom. The maximum Gasteiger partial charge on any atom is 0.253 e. The van der Waals surface area contributed by atoms with Crippen LogP contribution in [0, 0.1) is 0 Å². The number of ether oxygens (including phenoxy) is 3. The molecule has 0 spiro atoms.